The van der Waals surface area contributed by atoms with Crippen molar-refractivity contribution in [3.8, 4) is 0 Å². The van der Waals surface area contributed by atoms with Crippen molar-refractivity contribution in [3.63, 3.8) is 0 Å². The number of anilines is 1. The average molecular weight is 332 g/mol. The van der Waals surface area contributed by atoms with Crippen molar-refractivity contribution < 1.29 is 13.3 Å². The van der Waals surface area contributed by atoms with Crippen molar-refractivity contribution in [2.75, 3.05) is 4.72 Å². The predicted octanol–water partition coefficient (Wildman–Crippen LogP) is 2.58. The van der Waals surface area contributed by atoms with Gasteiger partial charge in [0.15, 0.2) is 5.82 Å². The van der Waals surface area contributed by atoms with Crippen molar-refractivity contribution in [3.05, 3.63) is 58.1 Å². The molecule has 8 nitrogen and oxygen atoms in total. The number of sulfonamides is 1. The summed E-state index contributed by atoms with van der Waals surface area (Å²) in [6.07, 6.45) is 0. The molecule has 0 aliphatic carbocycles. The summed E-state index contributed by atoms with van der Waals surface area (Å²) >= 11 is 0. The zero-order valence-electron chi connectivity index (χ0n) is 12.0. The maximum atomic E-state index is 12.4. The number of fused-ring (bicyclic) bond motifs is 1. The van der Waals surface area contributed by atoms with Crippen LogP contribution < -0.4 is 4.72 Å². The summed E-state index contributed by atoms with van der Waals surface area (Å²) < 4.78 is 27.1. The highest BCUT2D eigenvalue weighted by atomic mass is 32.2. The van der Waals surface area contributed by atoms with Crippen LogP contribution in [0.1, 0.15) is 5.56 Å². The largest absolute Gasteiger partial charge is 0.276 e. The van der Waals surface area contributed by atoms with Crippen LogP contribution in [0.2, 0.25) is 0 Å². The molecule has 2 aromatic carbocycles. The first kappa shape index (κ1) is 15.0. The van der Waals surface area contributed by atoms with E-state index in [9.17, 15) is 18.5 Å². The second-order valence-electron chi connectivity index (χ2n) is 4.98. The van der Waals surface area contributed by atoms with E-state index in [4.69, 9.17) is 0 Å². The zero-order valence-corrected chi connectivity index (χ0v) is 12.8. The number of nitro benzene ring substituents is 1. The zero-order chi connectivity index (χ0) is 16.6. The normalized spacial score (nSPS) is 11.5. The smallest absolute Gasteiger partial charge is 0.270 e. The summed E-state index contributed by atoms with van der Waals surface area (Å²) in [5.41, 5.74) is 1.29. The van der Waals surface area contributed by atoms with Crippen molar-refractivity contribution in [2.24, 2.45) is 0 Å². The molecule has 23 heavy (non-hydrogen) atoms. The Bertz CT molecular complexity index is 993. The molecule has 0 bridgehead atoms. The second kappa shape index (κ2) is 5.36. The maximum Gasteiger partial charge on any atom is 0.270 e. The summed E-state index contributed by atoms with van der Waals surface area (Å²) in [5.74, 6) is 0.0178. The highest BCUT2D eigenvalue weighted by Gasteiger charge is 2.18. The molecule has 1 heterocycles. The van der Waals surface area contributed by atoms with Crippen molar-refractivity contribution in [2.45, 2.75) is 11.8 Å². The Hall–Kier alpha value is -2.94. The fourth-order valence-corrected chi connectivity index (χ4v) is 3.12. The highest BCUT2D eigenvalue weighted by Crippen LogP contribution is 2.27. The molecule has 0 amide bonds. The molecule has 0 aliphatic rings. The van der Waals surface area contributed by atoms with Gasteiger partial charge in [0.25, 0.3) is 15.7 Å². The third kappa shape index (κ3) is 2.86. The summed E-state index contributed by atoms with van der Waals surface area (Å²) in [7, 11) is -3.83. The summed E-state index contributed by atoms with van der Waals surface area (Å²) in [5, 5.41) is 17.7. The molecule has 3 aromatic rings. The lowest BCUT2D eigenvalue weighted by Gasteiger charge is -2.06. The Kier molecular flexibility index (Phi) is 3.49. The molecule has 3 rings (SSSR count). The summed E-state index contributed by atoms with van der Waals surface area (Å²) in [4.78, 5) is 10.4. The predicted molar refractivity (Wildman–Crippen MR) is 84.7 cm³/mol. The van der Waals surface area contributed by atoms with Gasteiger partial charge in [0.05, 0.1) is 20.7 Å². The van der Waals surface area contributed by atoms with Crippen molar-refractivity contribution in [1.82, 2.24) is 10.2 Å². The number of H-pyrrole nitrogens is 1. The maximum absolute atomic E-state index is 12.4. The van der Waals surface area contributed by atoms with Gasteiger partial charge in [0, 0.05) is 12.1 Å². The fourth-order valence-electron chi connectivity index (χ4n) is 2.10. The van der Waals surface area contributed by atoms with Gasteiger partial charge in [0.2, 0.25) is 0 Å². The van der Waals surface area contributed by atoms with Gasteiger partial charge in [-0.1, -0.05) is 17.7 Å². The van der Waals surface area contributed by atoms with Crippen LogP contribution >= 0.6 is 0 Å². The number of nitro groups is 1. The minimum Gasteiger partial charge on any atom is -0.276 e. The molecular weight excluding hydrogens is 320 g/mol. The van der Waals surface area contributed by atoms with Gasteiger partial charge in [0.1, 0.15) is 0 Å². The summed E-state index contributed by atoms with van der Waals surface area (Å²) in [6, 6.07) is 10.4. The lowest BCUT2D eigenvalue weighted by Crippen LogP contribution is -2.13. The van der Waals surface area contributed by atoms with Crippen LogP contribution in [0, 0.1) is 17.0 Å². The molecule has 0 spiro atoms. The minimum absolute atomic E-state index is 0.0178. The molecule has 0 unspecified atom stereocenters. The Morgan fingerprint density at radius 3 is 2.52 bits per heavy atom. The quantitative estimate of drug-likeness (QED) is 0.562. The minimum atomic E-state index is -3.83. The lowest BCUT2D eigenvalue weighted by atomic mass is 10.2. The van der Waals surface area contributed by atoms with Crippen LogP contribution in [0.25, 0.3) is 10.9 Å². The van der Waals surface area contributed by atoms with E-state index in [1.54, 1.807) is 12.1 Å². The third-order valence-electron chi connectivity index (χ3n) is 3.32. The number of non-ortho nitro benzene ring substituents is 1. The number of benzene rings is 2. The van der Waals surface area contributed by atoms with E-state index >= 15 is 0 Å². The van der Waals surface area contributed by atoms with Gasteiger partial charge in [-0.3, -0.25) is 19.9 Å². The number of nitrogens with zero attached hydrogens (tertiary/aromatic N) is 2. The molecule has 9 heteroatoms. The molecule has 0 atom stereocenters. The molecule has 118 valence electrons. The first-order valence-electron chi connectivity index (χ1n) is 6.59. The molecule has 0 saturated heterocycles. The monoisotopic (exact) mass is 332 g/mol. The molecule has 0 aliphatic heterocycles. The van der Waals surface area contributed by atoms with Crippen LogP contribution in [-0.2, 0) is 10.0 Å². The number of hydrogen-bond acceptors (Lipinski definition) is 5. The Morgan fingerprint density at radius 1 is 1.17 bits per heavy atom. The van der Waals surface area contributed by atoms with Crippen LogP contribution in [0.4, 0.5) is 11.5 Å². The first-order chi connectivity index (χ1) is 10.9. The van der Waals surface area contributed by atoms with E-state index in [-0.39, 0.29) is 16.4 Å². The van der Waals surface area contributed by atoms with Crippen LogP contribution in [-0.4, -0.2) is 23.5 Å². The topological polar surface area (TPSA) is 118 Å². The fraction of sp³-hybridized carbons (Fsp3) is 0.0714. The molecule has 0 saturated carbocycles. The third-order valence-corrected chi connectivity index (χ3v) is 4.67. The average Bonchev–Trinajstić information content (AvgIpc) is 2.89. The number of aromatic nitrogens is 2. The van der Waals surface area contributed by atoms with E-state index in [2.05, 4.69) is 14.9 Å². The Morgan fingerprint density at radius 2 is 1.87 bits per heavy atom. The number of aryl methyl sites for hydroxylation is 1. The second-order valence-corrected chi connectivity index (χ2v) is 6.66. The van der Waals surface area contributed by atoms with Gasteiger partial charge in [-0.05, 0) is 25.1 Å². The van der Waals surface area contributed by atoms with Gasteiger partial charge in [-0.25, -0.2) is 8.42 Å². The highest BCUT2D eigenvalue weighted by molar-refractivity contribution is 7.92. The Labute approximate surface area is 131 Å². The standard InChI is InChI=1S/C14H12N4O4S/c1-9-2-5-11(6-3-9)23(21,22)17-14-12-8-10(18(19)20)4-7-13(12)15-16-14/h2-8H,1H3,(H2,15,16,17). The van der Waals surface area contributed by atoms with E-state index in [1.165, 1.54) is 30.3 Å². The number of aromatic amines is 1. The molecular formula is C14H12N4O4S. The van der Waals surface area contributed by atoms with E-state index in [0.29, 0.717) is 10.9 Å². The van der Waals surface area contributed by atoms with Gasteiger partial charge >= 0.3 is 0 Å². The lowest BCUT2D eigenvalue weighted by molar-refractivity contribution is -0.384. The molecule has 2 N–H and O–H groups in total. The number of nitrogens with one attached hydrogen (secondary N) is 2. The van der Waals surface area contributed by atoms with Crippen LogP contribution in [0.3, 0.4) is 0 Å². The van der Waals surface area contributed by atoms with E-state index in [0.717, 1.165) is 5.56 Å². The molecule has 0 fully saturated rings. The number of hydrogen-bond donors (Lipinski definition) is 2. The SMILES string of the molecule is Cc1ccc(S(=O)(=O)Nc2n[nH]c3ccc([N+](=O)[O-])cc23)cc1. The van der Waals surface area contributed by atoms with Gasteiger partial charge in [-0.15, -0.1) is 0 Å². The molecule has 1 aromatic heterocycles. The van der Waals surface area contributed by atoms with E-state index in [1.807, 2.05) is 6.92 Å². The van der Waals surface area contributed by atoms with Crippen LogP contribution in [0.15, 0.2) is 47.4 Å². The van der Waals surface area contributed by atoms with Crippen molar-refractivity contribution >= 4 is 32.4 Å². The van der Waals surface area contributed by atoms with Gasteiger partial charge < -0.3 is 0 Å². The Balaban J connectivity index is 2.02. The summed E-state index contributed by atoms with van der Waals surface area (Å²) in [6.45, 7) is 1.85. The number of rotatable bonds is 4. The first-order valence-corrected chi connectivity index (χ1v) is 8.07. The van der Waals surface area contributed by atoms with Crippen molar-refractivity contribution in [1.29, 1.82) is 0 Å². The van der Waals surface area contributed by atoms with E-state index < -0.39 is 14.9 Å². The molecule has 0 radical (unpaired) electrons. The van der Waals surface area contributed by atoms with Gasteiger partial charge in [-0.2, -0.15) is 5.10 Å². The van der Waals surface area contributed by atoms with Crippen LogP contribution in [0.5, 0.6) is 0 Å².